The van der Waals surface area contributed by atoms with Crippen LogP contribution in [0.2, 0.25) is 0 Å². The zero-order valence-corrected chi connectivity index (χ0v) is 10.7. The second kappa shape index (κ2) is 4.85. The van der Waals surface area contributed by atoms with Gasteiger partial charge in [-0.05, 0) is 29.8 Å². The normalized spacial score (nSPS) is 8.83. The van der Waals surface area contributed by atoms with Crippen molar-refractivity contribution in [3.05, 3.63) is 23.8 Å². The summed E-state index contributed by atoms with van der Waals surface area (Å²) in [6, 6.07) is 4.28. The Labute approximate surface area is 93.1 Å². The average Bonchev–Trinajstić information content (AvgIpc) is 1.94. The molecular weight excluding hydrogens is 249 g/mol. The number of phenols is 1. The number of aromatic hydroxyl groups is 1. The Hall–Kier alpha value is -0.0466. The Morgan fingerprint density at radius 3 is 2.50 bits per heavy atom. The monoisotopic (exact) mass is 252 g/mol. The van der Waals surface area contributed by atoms with Crippen LogP contribution in [0.4, 0.5) is 0 Å². The van der Waals surface area contributed by atoms with Gasteiger partial charge in [-0.1, -0.05) is 0 Å². The summed E-state index contributed by atoms with van der Waals surface area (Å²) >= 11 is 9.06. The molecule has 0 unspecified atom stereocenters. The van der Waals surface area contributed by atoms with Gasteiger partial charge in [0.2, 0.25) is 0 Å². The minimum atomic E-state index is -0.589. The van der Waals surface area contributed by atoms with Gasteiger partial charge in [0.25, 0.3) is 5.24 Å². The van der Waals surface area contributed by atoms with Gasteiger partial charge in [-0.3, -0.25) is 4.79 Å². The van der Waals surface area contributed by atoms with E-state index >= 15 is 0 Å². The molecule has 5 heteroatoms. The number of thiol groups is 1. The summed E-state index contributed by atoms with van der Waals surface area (Å²) in [5, 5.41) is 8.47. The van der Waals surface area contributed by atoms with Gasteiger partial charge in [0.15, 0.2) is 0 Å². The number of hydrogen-bond donors (Lipinski definition) is 2. The van der Waals surface area contributed by atoms with Crippen molar-refractivity contribution in [1.82, 2.24) is 0 Å². The molecule has 0 saturated heterocycles. The second-order valence-electron chi connectivity index (χ2n) is 1.98. The largest absolute Gasteiger partial charge is 0.507 e. The molecule has 0 aromatic heterocycles. The van der Waals surface area contributed by atoms with E-state index in [9.17, 15) is 4.79 Å². The van der Waals surface area contributed by atoms with E-state index in [-0.39, 0.29) is 30.8 Å². The van der Waals surface area contributed by atoms with Gasteiger partial charge >= 0.3 is 0 Å². The quantitative estimate of drug-likeness (QED) is 0.457. The molecule has 0 atom stereocenters. The molecule has 0 aliphatic heterocycles. The smallest absolute Gasteiger partial charge is 0.252 e. The van der Waals surface area contributed by atoms with Crippen LogP contribution in [-0.2, 0) is 19.5 Å². The second-order valence-corrected chi connectivity index (χ2v) is 2.80. The first kappa shape index (κ1) is 12.0. The van der Waals surface area contributed by atoms with Crippen LogP contribution < -0.4 is 0 Å². The summed E-state index contributed by atoms with van der Waals surface area (Å²) in [5.74, 6) is -0.0418. The third-order valence-electron chi connectivity index (χ3n) is 1.20. The molecule has 0 radical (unpaired) electrons. The first-order valence-electron chi connectivity index (χ1n) is 2.83. The predicted molar refractivity (Wildman–Crippen MR) is 45.5 cm³/mol. The van der Waals surface area contributed by atoms with Crippen LogP contribution in [0.1, 0.15) is 10.4 Å². The van der Waals surface area contributed by atoms with Crippen LogP contribution in [-0.4, -0.2) is 10.3 Å². The Kier molecular flexibility index (Phi) is 4.83. The van der Waals surface area contributed by atoms with Gasteiger partial charge in [0, 0.05) is 29.9 Å². The Balaban J connectivity index is 0.00000121. The summed E-state index contributed by atoms with van der Waals surface area (Å²) in [5.41, 5.74) is 0.266. The van der Waals surface area contributed by atoms with Crippen LogP contribution in [0.5, 0.6) is 5.75 Å². The number of carbonyl (C=O) groups excluding carboxylic acids is 1. The summed E-state index contributed by atoms with van der Waals surface area (Å²) in [4.78, 5) is 11.0. The van der Waals surface area contributed by atoms with Crippen molar-refractivity contribution in [3.63, 3.8) is 0 Å². The third-order valence-corrected chi connectivity index (χ3v) is 1.80. The summed E-state index contributed by atoms with van der Waals surface area (Å²) in [6.07, 6.45) is 0. The van der Waals surface area contributed by atoms with Crippen molar-refractivity contribution in [2.75, 3.05) is 0 Å². The maximum absolute atomic E-state index is 10.5. The SMILES string of the molecule is O=C(Cl)c1ccc(S)c(O)c1.[Zn]. The van der Waals surface area contributed by atoms with Gasteiger partial charge in [-0.25, -0.2) is 0 Å². The Morgan fingerprint density at radius 1 is 1.50 bits per heavy atom. The van der Waals surface area contributed by atoms with E-state index in [0.717, 1.165) is 0 Å². The molecular formula is C7H5ClO2SZn. The fourth-order valence-electron chi connectivity index (χ4n) is 0.646. The standard InChI is InChI=1S/C7H5ClO2S.Zn/c8-7(10)4-1-2-6(11)5(9)3-4;/h1-3,9,11H;. The molecule has 1 N–H and O–H groups in total. The van der Waals surface area contributed by atoms with Crippen molar-refractivity contribution >= 4 is 29.5 Å². The van der Waals surface area contributed by atoms with E-state index in [1.54, 1.807) is 0 Å². The fourth-order valence-corrected chi connectivity index (χ4v) is 0.902. The maximum Gasteiger partial charge on any atom is 0.252 e. The summed E-state index contributed by atoms with van der Waals surface area (Å²) < 4.78 is 0. The van der Waals surface area contributed by atoms with Crippen molar-refractivity contribution < 1.29 is 29.4 Å². The number of phenolic OH excluding ortho intramolecular Hbond substituents is 1. The minimum absolute atomic E-state index is 0. The average molecular weight is 254 g/mol. The van der Waals surface area contributed by atoms with Gasteiger partial charge < -0.3 is 5.11 Å². The molecule has 0 heterocycles. The zero-order valence-electron chi connectivity index (χ0n) is 6.12. The number of halogens is 1. The van der Waals surface area contributed by atoms with E-state index in [1.807, 2.05) is 0 Å². The molecule has 0 aliphatic rings. The summed E-state index contributed by atoms with van der Waals surface area (Å²) in [7, 11) is 0. The molecule has 1 aromatic rings. The molecule has 60 valence electrons. The van der Waals surface area contributed by atoms with Gasteiger partial charge in [0.1, 0.15) is 5.75 Å². The Bertz CT molecular complexity index is 303. The molecule has 0 spiro atoms. The molecule has 1 rings (SSSR count). The number of hydrogen-bond acceptors (Lipinski definition) is 3. The predicted octanol–water partition coefficient (Wildman–Crippen LogP) is 2.06. The van der Waals surface area contributed by atoms with Crippen LogP contribution in [0.15, 0.2) is 23.1 Å². The third kappa shape index (κ3) is 2.78. The van der Waals surface area contributed by atoms with Gasteiger partial charge in [-0.2, -0.15) is 0 Å². The van der Waals surface area contributed by atoms with Crippen molar-refractivity contribution in [2.45, 2.75) is 4.90 Å². The van der Waals surface area contributed by atoms with Crippen molar-refractivity contribution in [3.8, 4) is 5.75 Å². The molecule has 0 amide bonds. The van der Waals surface area contributed by atoms with E-state index in [1.165, 1.54) is 18.2 Å². The van der Waals surface area contributed by atoms with Gasteiger partial charge in [0.05, 0.1) is 0 Å². The summed E-state index contributed by atoms with van der Waals surface area (Å²) in [6.45, 7) is 0. The fraction of sp³-hybridized carbons (Fsp3) is 0. The minimum Gasteiger partial charge on any atom is -0.507 e. The molecule has 0 bridgehead atoms. The number of benzene rings is 1. The van der Waals surface area contributed by atoms with Crippen LogP contribution in [0.3, 0.4) is 0 Å². The van der Waals surface area contributed by atoms with Crippen molar-refractivity contribution in [1.29, 1.82) is 0 Å². The molecule has 12 heavy (non-hydrogen) atoms. The maximum atomic E-state index is 10.5. The zero-order chi connectivity index (χ0) is 8.43. The van der Waals surface area contributed by atoms with Crippen molar-refractivity contribution in [2.24, 2.45) is 0 Å². The Morgan fingerprint density at radius 2 is 2.08 bits per heavy atom. The first-order valence-corrected chi connectivity index (χ1v) is 3.65. The molecule has 0 saturated carbocycles. The number of rotatable bonds is 1. The molecule has 0 aliphatic carbocycles. The molecule has 0 fully saturated rings. The van der Waals surface area contributed by atoms with Crippen LogP contribution in [0.25, 0.3) is 0 Å². The van der Waals surface area contributed by atoms with E-state index < -0.39 is 5.24 Å². The molecule has 1 aromatic carbocycles. The topological polar surface area (TPSA) is 37.3 Å². The number of carbonyl (C=O) groups is 1. The van der Waals surface area contributed by atoms with E-state index in [2.05, 4.69) is 12.6 Å². The van der Waals surface area contributed by atoms with Crippen LogP contribution >= 0.6 is 24.2 Å². The van der Waals surface area contributed by atoms with E-state index in [4.69, 9.17) is 16.7 Å². The van der Waals surface area contributed by atoms with Crippen LogP contribution in [0, 0.1) is 0 Å². The first-order chi connectivity index (χ1) is 5.11. The van der Waals surface area contributed by atoms with E-state index in [0.29, 0.717) is 4.90 Å². The van der Waals surface area contributed by atoms with Gasteiger partial charge in [-0.15, -0.1) is 12.6 Å². The molecule has 2 nitrogen and oxygen atoms in total.